The number of carbonyl (C=O) groups is 1. The summed E-state index contributed by atoms with van der Waals surface area (Å²) in [6.07, 6.45) is 3.27. The number of hydrogen-bond acceptors (Lipinski definition) is 3. The number of hydrogen-bond donors (Lipinski definition) is 2. The van der Waals surface area contributed by atoms with E-state index in [0.29, 0.717) is 11.3 Å². The second-order valence-corrected chi connectivity index (χ2v) is 4.73. The van der Waals surface area contributed by atoms with Crippen LogP contribution in [0.25, 0.3) is 0 Å². The molecule has 0 spiro atoms. The Kier molecular flexibility index (Phi) is 4.07. The highest BCUT2D eigenvalue weighted by atomic mass is 16.2. The van der Waals surface area contributed by atoms with Crippen molar-refractivity contribution in [1.29, 1.82) is 0 Å². The number of nitrogens with two attached hydrogens (primary N) is 1. The molecule has 98 valence electrons. The predicted molar refractivity (Wildman–Crippen MR) is 74.8 cm³/mol. The van der Waals surface area contributed by atoms with Crippen molar-refractivity contribution in [2.75, 3.05) is 30.7 Å². The third-order valence-corrected chi connectivity index (χ3v) is 3.26. The van der Waals surface area contributed by atoms with E-state index >= 15 is 0 Å². The van der Waals surface area contributed by atoms with Gasteiger partial charge in [-0.3, -0.25) is 4.79 Å². The summed E-state index contributed by atoms with van der Waals surface area (Å²) in [4.78, 5) is 14.1. The SMILES string of the molecule is CCCNc1ccc(C(=O)N2CCCC2)cc1N. The maximum Gasteiger partial charge on any atom is 0.253 e. The summed E-state index contributed by atoms with van der Waals surface area (Å²) in [7, 11) is 0. The molecule has 3 N–H and O–H groups in total. The highest BCUT2D eigenvalue weighted by Crippen LogP contribution is 2.22. The molecule has 0 unspecified atom stereocenters. The van der Waals surface area contributed by atoms with E-state index in [1.54, 1.807) is 6.07 Å². The Labute approximate surface area is 108 Å². The van der Waals surface area contributed by atoms with Gasteiger partial charge in [0.15, 0.2) is 0 Å². The second kappa shape index (κ2) is 5.76. The highest BCUT2D eigenvalue weighted by Gasteiger charge is 2.19. The summed E-state index contributed by atoms with van der Waals surface area (Å²) < 4.78 is 0. The molecule has 1 aromatic carbocycles. The van der Waals surface area contributed by atoms with Crippen LogP contribution in [-0.2, 0) is 0 Å². The maximum absolute atomic E-state index is 12.2. The number of rotatable bonds is 4. The number of benzene rings is 1. The van der Waals surface area contributed by atoms with Crippen LogP contribution in [0.5, 0.6) is 0 Å². The zero-order valence-electron chi connectivity index (χ0n) is 10.9. The van der Waals surface area contributed by atoms with Crippen LogP contribution in [-0.4, -0.2) is 30.4 Å². The fraction of sp³-hybridized carbons (Fsp3) is 0.500. The van der Waals surface area contributed by atoms with Crippen molar-refractivity contribution in [3.8, 4) is 0 Å². The summed E-state index contributed by atoms with van der Waals surface area (Å²) in [6, 6.07) is 5.53. The summed E-state index contributed by atoms with van der Waals surface area (Å²) >= 11 is 0. The van der Waals surface area contributed by atoms with Crippen LogP contribution in [0.2, 0.25) is 0 Å². The Hall–Kier alpha value is -1.71. The van der Waals surface area contributed by atoms with Gasteiger partial charge in [-0.2, -0.15) is 0 Å². The average molecular weight is 247 g/mol. The van der Waals surface area contributed by atoms with Gasteiger partial charge in [-0.25, -0.2) is 0 Å². The first-order valence-electron chi connectivity index (χ1n) is 6.65. The molecule has 1 aromatic rings. The molecule has 1 fully saturated rings. The van der Waals surface area contributed by atoms with Crippen LogP contribution < -0.4 is 11.1 Å². The molecule has 1 aliphatic heterocycles. The third-order valence-electron chi connectivity index (χ3n) is 3.26. The van der Waals surface area contributed by atoms with Crippen LogP contribution in [0, 0.1) is 0 Å². The summed E-state index contributed by atoms with van der Waals surface area (Å²) in [5.74, 6) is 0.0984. The van der Waals surface area contributed by atoms with Gasteiger partial charge in [-0.05, 0) is 37.5 Å². The number of nitrogens with zero attached hydrogens (tertiary/aromatic N) is 1. The first kappa shape index (κ1) is 12.7. The molecule has 1 amide bonds. The van der Waals surface area contributed by atoms with E-state index in [-0.39, 0.29) is 5.91 Å². The van der Waals surface area contributed by atoms with E-state index in [1.165, 1.54) is 0 Å². The molecular formula is C14H21N3O. The summed E-state index contributed by atoms with van der Waals surface area (Å²) in [6.45, 7) is 4.74. The van der Waals surface area contributed by atoms with Crippen molar-refractivity contribution in [2.24, 2.45) is 0 Å². The number of carbonyl (C=O) groups excluding carboxylic acids is 1. The lowest BCUT2D eigenvalue weighted by molar-refractivity contribution is 0.0793. The zero-order chi connectivity index (χ0) is 13.0. The predicted octanol–water partition coefficient (Wildman–Crippen LogP) is 2.33. The van der Waals surface area contributed by atoms with Crippen LogP contribution in [0.15, 0.2) is 18.2 Å². The topological polar surface area (TPSA) is 58.4 Å². The minimum atomic E-state index is 0.0984. The molecule has 0 bridgehead atoms. The number of nitrogen functional groups attached to an aromatic ring is 1. The van der Waals surface area contributed by atoms with Crippen LogP contribution in [0.3, 0.4) is 0 Å². The fourth-order valence-electron chi connectivity index (χ4n) is 2.22. The van der Waals surface area contributed by atoms with Crippen LogP contribution in [0.1, 0.15) is 36.5 Å². The lowest BCUT2D eigenvalue weighted by atomic mass is 10.1. The van der Waals surface area contributed by atoms with E-state index in [1.807, 2.05) is 17.0 Å². The monoisotopic (exact) mass is 247 g/mol. The van der Waals surface area contributed by atoms with Crippen molar-refractivity contribution in [2.45, 2.75) is 26.2 Å². The Morgan fingerprint density at radius 3 is 2.72 bits per heavy atom. The largest absolute Gasteiger partial charge is 0.397 e. The zero-order valence-corrected chi connectivity index (χ0v) is 10.9. The third kappa shape index (κ3) is 2.75. The van der Waals surface area contributed by atoms with Gasteiger partial charge in [0, 0.05) is 25.2 Å². The van der Waals surface area contributed by atoms with Gasteiger partial charge in [0.2, 0.25) is 0 Å². The van der Waals surface area contributed by atoms with E-state index in [2.05, 4.69) is 12.2 Å². The summed E-state index contributed by atoms with van der Waals surface area (Å²) in [5.41, 5.74) is 8.22. The van der Waals surface area contributed by atoms with Crippen LogP contribution >= 0.6 is 0 Å². The van der Waals surface area contributed by atoms with Crippen molar-refractivity contribution in [3.05, 3.63) is 23.8 Å². The van der Waals surface area contributed by atoms with E-state index in [9.17, 15) is 4.79 Å². The van der Waals surface area contributed by atoms with E-state index in [0.717, 1.165) is 44.6 Å². The molecule has 18 heavy (non-hydrogen) atoms. The minimum absolute atomic E-state index is 0.0984. The molecule has 1 saturated heterocycles. The average Bonchev–Trinajstić information content (AvgIpc) is 2.90. The van der Waals surface area contributed by atoms with E-state index < -0.39 is 0 Å². The molecular weight excluding hydrogens is 226 g/mol. The van der Waals surface area contributed by atoms with Crippen molar-refractivity contribution in [1.82, 2.24) is 4.90 Å². The van der Waals surface area contributed by atoms with Gasteiger partial charge in [0.05, 0.1) is 11.4 Å². The van der Waals surface area contributed by atoms with Crippen molar-refractivity contribution >= 4 is 17.3 Å². The normalized spacial score (nSPS) is 14.8. The van der Waals surface area contributed by atoms with Crippen molar-refractivity contribution < 1.29 is 4.79 Å². The lowest BCUT2D eigenvalue weighted by Crippen LogP contribution is -2.27. The van der Waals surface area contributed by atoms with Gasteiger partial charge in [-0.1, -0.05) is 6.92 Å². The molecule has 0 atom stereocenters. The maximum atomic E-state index is 12.2. The molecule has 1 aliphatic rings. The Bertz CT molecular complexity index is 425. The molecule has 1 heterocycles. The molecule has 0 aliphatic carbocycles. The smallest absolute Gasteiger partial charge is 0.253 e. The number of anilines is 2. The highest BCUT2D eigenvalue weighted by molar-refractivity contribution is 5.96. The Balaban J connectivity index is 2.10. The lowest BCUT2D eigenvalue weighted by Gasteiger charge is -2.16. The minimum Gasteiger partial charge on any atom is -0.397 e. The van der Waals surface area contributed by atoms with Crippen molar-refractivity contribution in [3.63, 3.8) is 0 Å². The molecule has 0 radical (unpaired) electrons. The molecule has 4 nitrogen and oxygen atoms in total. The molecule has 4 heteroatoms. The molecule has 0 saturated carbocycles. The van der Waals surface area contributed by atoms with Gasteiger partial charge in [0.1, 0.15) is 0 Å². The molecule has 0 aromatic heterocycles. The second-order valence-electron chi connectivity index (χ2n) is 4.73. The van der Waals surface area contributed by atoms with Gasteiger partial charge >= 0.3 is 0 Å². The fourth-order valence-corrected chi connectivity index (χ4v) is 2.22. The van der Waals surface area contributed by atoms with Crippen LogP contribution in [0.4, 0.5) is 11.4 Å². The van der Waals surface area contributed by atoms with Gasteiger partial charge in [-0.15, -0.1) is 0 Å². The number of likely N-dealkylation sites (tertiary alicyclic amines) is 1. The number of nitrogens with one attached hydrogen (secondary N) is 1. The number of amides is 1. The Morgan fingerprint density at radius 1 is 1.39 bits per heavy atom. The first-order valence-corrected chi connectivity index (χ1v) is 6.65. The Morgan fingerprint density at radius 2 is 2.11 bits per heavy atom. The van der Waals surface area contributed by atoms with Gasteiger partial charge < -0.3 is 16.0 Å². The standard InChI is InChI=1S/C14H21N3O/c1-2-7-16-13-6-5-11(10-12(13)15)14(18)17-8-3-4-9-17/h5-6,10,16H,2-4,7-9,15H2,1H3. The first-order chi connectivity index (χ1) is 8.72. The molecule has 2 rings (SSSR count). The van der Waals surface area contributed by atoms with Gasteiger partial charge in [0.25, 0.3) is 5.91 Å². The quantitative estimate of drug-likeness (QED) is 0.803. The van der Waals surface area contributed by atoms with E-state index in [4.69, 9.17) is 5.73 Å². The summed E-state index contributed by atoms with van der Waals surface area (Å²) in [5, 5.41) is 3.25.